The third-order valence-corrected chi connectivity index (χ3v) is 6.48. The van der Waals surface area contributed by atoms with E-state index in [1.807, 2.05) is 58.0 Å². The molecule has 0 spiro atoms. The van der Waals surface area contributed by atoms with Crippen LogP contribution in [0.25, 0.3) is 0 Å². The van der Waals surface area contributed by atoms with Crippen LogP contribution in [0.2, 0.25) is 0 Å². The van der Waals surface area contributed by atoms with Crippen molar-refractivity contribution >= 4 is 29.7 Å². The van der Waals surface area contributed by atoms with Crippen LogP contribution in [-0.2, 0) is 14.3 Å². The van der Waals surface area contributed by atoms with Crippen molar-refractivity contribution < 1.29 is 24.2 Å². The van der Waals surface area contributed by atoms with Crippen molar-refractivity contribution in [3.63, 3.8) is 0 Å². The molecule has 3 amide bonds. The first-order valence-electron chi connectivity index (χ1n) is 11.5. The van der Waals surface area contributed by atoms with Gasteiger partial charge in [0.1, 0.15) is 12.6 Å². The Morgan fingerprint density at radius 3 is 2.52 bits per heavy atom. The number of amides is 3. The molecule has 0 bridgehead atoms. The zero-order chi connectivity index (χ0) is 24.4. The molecule has 9 heteroatoms. The van der Waals surface area contributed by atoms with Gasteiger partial charge in [-0.25, -0.2) is 4.79 Å². The fourth-order valence-electron chi connectivity index (χ4n) is 3.66. The molecule has 0 unspecified atom stereocenters. The molecule has 1 aromatic rings. The molecule has 3 atom stereocenters. The molecule has 33 heavy (non-hydrogen) atoms. The molecule has 4 N–H and O–H groups in total. The SMILES string of the molecule is CC(C)C[C@H](NC(=O)OCC(C)(C)Sc1ccccc1)C(=O)N[C@H](CO)C[C@@H]1CCNC1=O. The average molecular weight is 480 g/mol. The van der Waals surface area contributed by atoms with Crippen LogP contribution in [0.4, 0.5) is 4.79 Å². The van der Waals surface area contributed by atoms with Crippen LogP contribution in [0.15, 0.2) is 35.2 Å². The molecule has 0 radical (unpaired) electrons. The lowest BCUT2D eigenvalue weighted by molar-refractivity contribution is -0.126. The second-order valence-corrected chi connectivity index (χ2v) is 11.3. The van der Waals surface area contributed by atoms with E-state index in [0.717, 1.165) is 4.90 Å². The summed E-state index contributed by atoms with van der Waals surface area (Å²) < 4.78 is 5.09. The zero-order valence-electron chi connectivity index (χ0n) is 19.9. The molecule has 2 rings (SSSR count). The van der Waals surface area contributed by atoms with Crippen LogP contribution in [0, 0.1) is 11.8 Å². The van der Waals surface area contributed by atoms with E-state index < -0.39 is 24.1 Å². The number of rotatable bonds is 12. The van der Waals surface area contributed by atoms with E-state index in [4.69, 9.17) is 4.74 Å². The third kappa shape index (κ3) is 9.63. The van der Waals surface area contributed by atoms with Gasteiger partial charge in [-0.15, -0.1) is 11.8 Å². The van der Waals surface area contributed by atoms with Gasteiger partial charge in [0.2, 0.25) is 11.8 Å². The summed E-state index contributed by atoms with van der Waals surface area (Å²) in [6, 6.07) is 8.52. The molecule has 1 aromatic carbocycles. The average Bonchev–Trinajstić information content (AvgIpc) is 3.15. The number of alkyl carbamates (subject to hydrolysis) is 1. The first-order chi connectivity index (χ1) is 15.6. The number of thioether (sulfide) groups is 1. The standard InChI is InChI=1S/C24H37N3O5S/c1-16(2)12-20(22(30)26-18(14-28)13-17-10-11-25-21(17)29)27-23(31)32-15-24(3,4)33-19-8-6-5-7-9-19/h5-9,16-18,20,28H,10-15H2,1-4H3,(H,25,29)(H,26,30)(H,27,31)/t17-,18-,20-/m0/s1. The number of aliphatic hydroxyl groups is 1. The van der Waals surface area contributed by atoms with Gasteiger partial charge in [-0.3, -0.25) is 9.59 Å². The van der Waals surface area contributed by atoms with E-state index in [1.54, 1.807) is 11.8 Å². The van der Waals surface area contributed by atoms with Crippen molar-refractivity contribution in [2.75, 3.05) is 19.8 Å². The van der Waals surface area contributed by atoms with Crippen molar-refractivity contribution in [3.8, 4) is 0 Å². The highest BCUT2D eigenvalue weighted by atomic mass is 32.2. The monoisotopic (exact) mass is 479 g/mol. The number of hydrogen-bond acceptors (Lipinski definition) is 6. The van der Waals surface area contributed by atoms with Gasteiger partial charge in [-0.2, -0.15) is 0 Å². The van der Waals surface area contributed by atoms with Crippen LogP contribution >= 0.6 is 11.8 Å². The maximum absolute atomic E-state index is 12.9. The highest BCUT2D eigenvalue weighted by Crippen LogP contribution is 2.32. The van der Waals surface area contributed by atoms with E-state index in [1.165, 1.54) is 0 Å². The summed E-state index contributed by atoms with van der Waals surface area (Å²) in [6.45, 7) is 8.39. The summed E-state index contributed by atoms with van der Waals surface area (Å²) in [6.07, 6.45) is 0.804. The summed E-state index contributed by atoms with van der Waals surface area (Å²) in [7, 11) is 0. The van der Waals surface area contributed by atoms with Gasteiger partial charge in [0, 0.05) is 22.1 Å². The minimum Gasteiger partial charge on any atom is -0.448 e. The number of carbonyl (C=O) groups excluding carboxylic acids is 3. The Bertz CT molecular complexity index is 788. The second kappa shape index (κ2) is 12.8. The largest absolute Gasteiger partial charge is 0.448 e. The Balaban J connectivity index is 1.89. The Labute approximate surface area is 200 Å². The van der Waals surface area contributed by atoms with Crippen molar-refractivity contribution in [1.29, 1.82) is 0 Å². The summed E-state index contributed by atoms with van der Waals surface area (Å²) in [4.78, 5) is 38.3. The van der Waals surface area contributed by atoms with Crippen molar-refractivity contribution in [1.82, 2.24) is 16.0 Å². The first kappa shape index (κ1) is 27.0. The Hall–Kier alpha value is -2.26. The van der Waals surface area contributed by atoms with Crippen LogP contribution in [-0.4, -0.2) is 59.6 Å². The van der Waals surface area contributed by atoms with Gasteiger partial charge in [0.15, 0.2) is 0 Å². The molecular weight excluding hydrogens is 442 g/mol. The van der Waals surface area contributed by atoms with Crippen LogP contribution in [0.5, 0.6) is 0 Å². The minimum atomic E-state index is -0.797. The fraction of sp³-hybridized carbons (Fsp3) is 0.625. The highest BCUT2D eigenvalue weighted by Gasteiger charge is 2.30. The predicted octanol–water partition coefficient (Wildman–Crippen LogP) is 2.70. The third-order valence-electron chi connectivity index (χ3n) is 5.30. The molecule has 1 fully saturated rings. The molecule has 0 aliphatic carbocycles. The second-order valence-electron chi connectivity index (χ2n) is 9.48. The lowest BCUT2D eigenvalue weighted by Gasteiger charge is -2.26. The molecule has 1 aliphatic rings. The van der Waals surface area contributed by atoms with Gasteiger partial charge in [0.05, 0.1) is 12.6 Å². The predicted molar refractivity (Wildman–Crippen MR) is 129 cm³/mol. The summed E-state index contributed by atoms with van der Waals surface area (Å²) in [5.74, 6) is -0.525. The highest BCUT2D eigenvalue weighted by molar-refractivity contribution is 8.00. The maximum atomic E-state index is 12.9. The molecule has 1 saturated heterocycles. The topological polar surface area (TPSA) is 117 Å². The molecular formula is C24H37N3O5S. The molecule has 8 nitrogen and oxygen atoms in total. The van der Waals surface area contributed by atoms with Crippen molar-refractivity contribution in [3.05, 3.63) is 30.3 Å². The van der Waals surface area contributed by atoms with E-state index in [9.17, 15) is 19.5 Å². The van der Waals surface area contributed by atoms with E-state index in [-0.39, 0.29) is 35.7 Å². The lowest BCUT2D eigenvalue weighted by Crippen LogP contribution is -2.51. The van der Waals surface area contributed by atoms with Gasteiger partial charge in [0.25, 0.3) is 0 Å². The van der Waals surface area contributed by atoms with Crippen molar-refractivity contribution in [2.24, 2.45) is 11.8 Å². The number of nitrogens with one attached hydrogen (secondary N) is 3. The van der Waals surface area contributed by atoms with Gasteiger partial charge < -0.3 is 25.8 Å². The molecule has 0 saturated carbocycles. The lowest BCUT2D eigenvalue weighted by atomic mass is 9.97. The molecule has 184 valence electrons. The zero-order valence-corrected chi connectivity index (χ0v) is 20.7. The summed E-state index contributed by atoms with van der Waals surface area (Å²) >= 11 is 1.61. The van der Waals surface area contributed by atoms with Crippen LogP contribution in [0.3, 0.4) is 0 Å². The molecule has 0 aromatic heterocycles. The number of ether oxygens (including phenoxy) is 1. The number of benzene rings is 1. The Morgan fingerprint density at radius 1 is 1.24 bits per heavy atom. The van der Waals surface area contributed by atoms with Gasteiger partial charge >= 0.3 is 6.09 Å². The van der Waals surface area contributed by atoms with E-state index in [0.29, 0.717) is 25.8 Å². The normalized spacial score (nSPS) is 17.9. The molecule has 1 aliphatic heterocycles. The maximum Gasteiger partial charge on any atom is 0.407 e. The van der Waals surface area contributed by atoms with Crippen molar-refractivity contribution in [2.45, 2.75) is 68.7 Å². The van der Waals surface area contributed by atoms with Gasteiger partial charge in [-0.05, 0) is 51.2 Å². The van der Waals surface area contributed by atoms with Crippen LogP contribution < -0.4 is 16.0 Å². The number of carbonyl (C=O) groups is 3. The Morgan fingerprint density at radius 2 is 1.94 bits per heavy atom. The molecule has 1 heterocycles. The minimum absolute atomic E-state index is 0.0564. The first-order valence-corrected chi connectivity index (χ1v) is 12.3. The van der Waals surface area contributed by atoms with E-state index in [2.05, 4.69) is 16.0 Å². The summed E-state index contributed by atoms with van der Waals surface area (Å²) in [5.41, 5.74) is 0. The van der Waals surface area contributed by atoms with Crippen LogP contribution in [0.1, 0.15) is 47.0 Å². The quantitative estimate of drug-likeness (QED) is 0.343. The fourth-order valence-corrected chi connectivity index (χ4v) is 4.71. The number of hydrogen-bond donors (Lipinski definition) is 4. The number of aliphatic hydroxyl groups excluding tert-OH is 1. The van der Waals surface area contributed by atoms with E-state index >= 15 is 0 Å². The smallest absolute Gasteiger partial charge is 0.407 e. The Kier molecular flexibility index (Phi) is 10.5. The van der Waals surface area contributed by atoms with Gasteiger partial charge in [-0.1, -0.05) is 32.0 Å². The summed E-state index contributed by atoms with van der Waals surface area (Å²) in [5, 5.41) is 17.9.